The van der Waals surface area contributed by atoms with Crippen molar-refractivity contribution in [3.05, 3.63) is 46.3 Å². The molecule has 5 nitrogen and oxygen atoms in total. The van der Waals surface area contributed by atoms with Gasteiger partial charge in [-0.25, -0.2) is 4.98 Å². The predicted molar refractivity (Wildman–Crippen MR) is 82.7 cm³/mol. The van der Waals surface area contributed by atoms with Crippen LogP contribution in [0.5, 0.6) is 0 Å². The lowest BCUT2D eigenvalue weighted by Crippen LogP contribution is -2.14. The van der Waals surface area contributed by atoms with Gasteiger partial charge in [0.1, 0.15) is 10.8 Å². The average molecular weight is 311 g/mol. The Kier molecular flexibility index (Phi) is 3.73. The zero-order chi connectivity index (χ0) is 15.7. The van der Waals surface area contributed by atoms with Gasteiger partial charge in [-0.05, 0) is 26.0 Å². The number of para-hydroxylation sites is 1. The van der Waals surface area contributed by atoms with Gasteiger partial charge in [-0.15, -0.1) is 11.3 Å². The number of nitriles is 1. The SMILES string of the molecule is Cc1noc(C)c1CC(=O)[C@@H](C#N)c1nc2ccccc2s1. The Hall–Kier alpha value is -2.52. The number of hydrogen-bond donors (Lipinski definition) is 0. The van der Waals surface area contributed by atoms with E-state index in [1.807, 2.05) is 24.3 Å². The summed E-state index contributed by atoms with van der Waals surface area (Å²) in [6.07, 6.45) is 0.134. The molecule has 1 aromatic carbocycles. The molecule has 0 N–H and O–H groups in total. The zero-order valence-corrected chi connectivity index (χ0v) is 13.0. The first-order valence-electron chi connectivity index (χ1n) is 6.79. The molecule has 1 atom stereocenters. The van der Waals surface area contributed by atoms with Crippen molar-refractivity contribution in [3.8, 4) is 6.07 Å². The first kappa shape index (κ1) is 14.4. The van der Waals surface area contributed by atoms with Gasteiger partial charge >= 0.3 is 0 Å². The fourth-order valence-electron chi connectivity index (χ4n) is 2.31. The summed E-state index contributed by atoms with van der Waals surface area (Å²) in [5.74, 6) is -0.422. The van der Waals surface area contributed by atoms with Gasteiger partial charge < -0.3 is 4.52 Å². The summed E-state index contributed by atoms with van der Waals surface area (Å²) >= 11 is 1.39. The Morgan fingerprint density at radius 2 is 2.18 bits per heavy atom. The van der Waals surface area contributed by atoms with Crippen LogP contribution in [0.4, 0.5) is 0 Å². The number of ketones is 1. The molecular formula is C16H13N3O2S. The minimum absolute atomic E-state index is 0.134. The van der Waals surface area contributed by atoms with Gasteiger partial charge in [-0.2, -0.15) is 5.26 Å². The summed E-state index contributed by atoms with van der Waals surface area (Å²) in [6, 6.07) is 9.69. The highest BCUT2D eigenvalue weighted by atomic mass is 32.1. The normalized spacial score (nSPS) is 12.2. The van der Waals surface area contributed by atoms with Crippen molar-refractivity contribution in [2.45, 2.75) is 26.2 Å². The van der Waals surface area contributed by atoms with Crippen molar-refractivity contribution in [1.82, 2.24) is 10.1 Å². The largest absolute Gasteiger partial charge is 0.361 e. The van der Waals surface area contributed by atoms with Crippen LogP contribution in [0.2, 0.25) is 0 Å². The molecule has 2 heterocycles. The van der Waals surface area contributed by atoms with Crippen molar-refractivity contribution in [2.75, 3.05) is 0 Å². The smallest absolute Gasteiger partial charge is 0.161 e. The maximum atomic E-state index is 12.5. The lowest BCUT2D eigenvalue weighted by atomic mass is 9.98. The molecule has 0 aliphatic rings. The molecule has 0 spiro atoms. The monoisotopic (exact) mass is 311 g/mol. The topological polar surface area (TPSA) is 79.8 Å². The Bertz CT molecular complexity index is 836. The van der Waals surface area contributed by atoms with Crippen molar-refractivity contribution < 1.29 is 9.32 Å². The first-order chi connectivity index (χ1) is 10.6. The molecule has 0 amide bonds. The molecule has 0 aliphatic heterocycles. The van der Waals surface area contributed by atoms with E-state index in [0.717, 1.165) is 15.8 Å². The second-order valence-corrected chi connectivity index (χ2v) is 6.09. The summed E-state index contributed by atoms with van der Waals surface area (Å²) in [5.41, 5.74) is 2.26. The molecular weight excluding hydrogens is 298 g/mol. The van der Waals surface area contributed by atoms with Crippen LogP contribution in [0.1, 0.15) is 27.9 Å². The summed E-state index contributed by atoms with van der Waals surface area (Å²) in [6.45, 7) is 3.56. The van der Waals surface area contributed by atoms with Gasteiger partial charge in [0, 0.05) is 12.0 Å². The number of fused-ring (bicyclic) bond motifs is 1. The molecule has 0 fully saturated rings. The quantitative estimate of drug-likeness (QED) is 0.738. The average Bonchev–Trinajstić information content (AvgIpc) is 3.06. The Morgan fingerprint density at radius 3 is 2.82 bits per heavy atom. The lowest BCUT2D eigenvalue weighted by Gasteiger charge is -2.04. The number of nitrogens with zero attached hydrogens (tertiary/aromatic N) is 3. The van der Waals surface area contributed by atoms with E-state index in [0.29, 0.717) is 16.5 Å². The molecule has 0 saturated carbocycles. The third-order valence-electron chi connectivity index (χ3n) is 3.54. The molecule has 2 aromatic heterocycles. The lowest BCUT2D eigenvalue weighted by molar-refractivity contribution is -0.118. The molecule has 0 aliphatic carbocycles. The van der Waals surface area contributed by atoms with Crippen molar-refractivity contribution in [1.29, 1.82) is 5.26 Å². The van der Waals surface area contributed by atoms with Gasteiger partial charge in [-0.1, -0.05) is 17.3 Å². The first-order valence-corrected chi connectivity index (χ1v) is 7.61. The van der Waals surface area contributed by atoms with Crippen molar-refractivity contribution in [3.63, 3.8) is 0 Å². The second-order valence-electron chi connectivity index (χ2n) is 5.03. The van der Waals surface area contributed by atoms with Gasteiger partial charge in [-0.3, -0.25) is 4.79 Å². The maximum Gasteiger partial charge on any atom is 0.161 e. The van der Waals surface area contributed by atoms with E-state index in [9.17, 15) is 10.1 Å². The third-order valence-corrected chi connectivity index (χ3v) is 4.64. The van der Waals surface area contributed by atoms with Gasteiger partial charge in [0.2, 0.25) is 0 Å². The predicted octanol–water partition coefficient (Wildman–Crippen LogP) is 3.32. The van der Waals surface area contributed by atoms with E-state index >= 15 is 0 Å². The van der Waals surface area contributed by atoms with Crippen LogP contribution >= 0.6 is 11.3 Å². The van der Waals surface area contributed by atoms with E-state index < -0.39 is 5.92 Å². The fourth-order valence-corrected chi connectivity index (χ4v) is 3.35. The van der Waals surface area contributed by atoms with Crippen LogP contribution in [0, 0.1) is 25.2 Å². The highest BCUT2D eigenvalue weighted by molar-refractivity contribution is 7.18. The number of benzene rings is 1. The summed E-state index contributed by atoms with van der Waals surface area (Å²) in [7, 11) is 0. The van der Waals surface area contributed by atoms with E-state index in [1.54, 1.807) is 13.8 Å². The van der Waals surface area contributed by atoms with E-state index in [1.165, 1.54) is 11.3 Å². The highest BCUT2D eigenvalue weighted by Crippen LogP contribution is 2.29. The number of rotatable bonds is 4. The number of hydrogen-bond acceptors (Lipinski definition) is 6. The minimum atomic E-state index is -0.855. The van der Waals surface area contributed by atoms with Crippen LogP contribution < -0.4 is 0 Å². The summed E-state index contributed by atoms with van der Waals surface area (Å²) in [4.78, 5) is 16.9. The van der Waals surface area contributed by atoms with E-state index in [-0.39, 0.29) is 12.2 Å². The highest BCUT2D eigenvalue weighted by Gasteiger charge is 2.26. The third kappa shape index (κ3) is 2.51. The number of aryl methyl sites for hydroxylation is 2. The number of thiazole rings is 1. The van der Waals surface area contributed by atoms with Gasteiger partial charge in [0.05, 0.1) is 22.0 Å². The molecule has 0 saturated heterocycles. The van der Waals surface area contributed by atoms with Gasteiger partial charge in [0.25, 0.3) is 0 Å². The van der Waals surface area contributed by atoms with E-state index in [4.69, 9.17) is 4.52 Å². The molecule has 0 bridgehead atoms. The maximum absolute atomic E-state index is 12.5. The Balaban J connectivity index is 1.90. The molecule has 6 heteroatoms. The molecule has 22 heavy (non-hydrogen) atoms. The minimum Gasteiger partial charge on any atom is -0.361 e. The number of aromatic nitrogens is 2. The molecule has 3 rings (SSSR count). The van der Waals surface area contributed by atoms with Crippen LogP contribution in [0.25, 0.3) is 10.2 Å². The van der Waals surface area contributed by atoms with Crippen LogP contribution in [-0.2, 0) is 11.2 Å². The molecule has 0 radical (unpaired) electrons. The summed E-state index contributed by atoms with van der Waals surface area (Å²) in [5, 5.41) is 13.8. The summed E-state index contributed by atoms with van der Waals surface area (Å²) < 4.78 is 6.04. The van der Waals surface area contributed by atoms with Gasteiger partial charge in [0.15, 0.2) is 11.7 Å². The standard InChI is InChI=1S/C16H13N3O2S/c1-9-11(10(2)21-19-9)7-14(20)12(8-17)16-18-13-5-3-4-6-15(13)22-16/h3-6,12H,7H2,1-2H3/t12-/m1/s1. The van der Waals surface area contributed by atoms with Crippen molar-refractivity contribution in [2.24, 2.45) is 0 Å². The van der Waals surface area contributed by atoms with E-state index in [2.05, 4.69) is 16.2 Å². The Morgan fingerprint density at radius 1 is 1.41 bits per heavy atom. The molecule has 110 valence electrons. The number of Topliss-reactive ketones (excluding diaryl/α,β-unsaturated/α-hetero) is 1. The molecule has 0 unspecified atom stereocenters. The second kappa shape index (κ2) is 5.70. The number of carbonyl (C=O) groups excluding carboxylic acids is 1. The van der Waals surface area contributed by atoms with Crippen LogP contribution in [0.3, 0.4) is 0 Å². The van der Waals surface area contributed by atoms with Crippen LogP contribution in [-0.4, -0.2) is 15.9 Å². The Labute approximate surface area is 131 Å². The molecule has 3 aromatic rings. The van der Waals surface area contributed by atoms with Crippen molar-refractivity contribution >= 4 is 27.3 Å². The number of carbonyl (C=O) groups is 1. The fraction of sp³-hybridized carbons (Fsp3) is 0.250. The zero-order valence-electron chi connectivity index (χ0n) is 12.2. The van der Waals surface area contributed by atoms with Crippen LogP contribution in [0.15, 0.2) is 28.8 Å².